The molecule has 1 N–H and O–H groups in total. The molecule has 0 spiro atoms. The third kappa shape index (κ3) is 2.02. The Kier molecular flexibility index (Phi) is 3.27. The van der Waals surface area contributed by atoms with E-state index in [-0.39, 0.29) is 0 Å². The van der Waals surface area contributed by atoms with Gasteiger partial charge in [-0.1, -0.05) is 17.7 Å². The van der Waals surface area contributed by atoms with E-state index in [2.05, 4.69) is 16.4 Å². The Bertz CT molecular complexity index is 487. The molecule has 0 radical (unpaired) electrons. The molecule has 1 aliphatic carbocycles. The van der Waals surface area contributed by atoms with Crippen LogP contribution >= 0.6 is 11.6 Å². The Morgan fingerprint density at radius 2 is 2.39 bits per heavy atom. The maximum atomic E-state index is 5.97. The van der Waals surface area contributed by atoms with E-state index in [4.69, 9.17) is 16.3 Å². The SMILES string of the molecule is COc1cc(C2=CC[C@@H]3CCNC[C@H]23)cnc1Cl. The van der Waals surface area contributed by atoms with Gasteiger partial charge in [-0.2, -0.15) is 0 Å². The van der Waals surface area contributed by atoms with Crippen molar-refractivity contribution in [3.63, 3.8) is 0 Å². The van der Waals surface area contributed by atoms with Gasteiger partial charge in [0.25, 0.3) is 0 Å². The van der Waals surface area contributed by atoms with E-state index in [1.54, 1.807) is 7.11 Å². The molecule has 2 heterocycles. The van der Waals surface area contributed by atoms with Gasteiger partial charge in [-0.05, 0) is 48.4 Å². The van der Waals surface area contributed by atoms with Crippen molar-refractivity contribution in [3.05, 3.63) is 29.1 Å². The number of aromatic nitrogens is 1. The molecule has 18 heavy (non-hydrogen) atoms. The second-order valence-corrected chi connectivity index (χ2v) is 5.33. The maximum Gasteiger partial charge on any atom is 0.171 e. The summed E-state index contributed by atoms with van der Waals surface area (Å²) >= 11 is 5.97. The highest BCUT2D eigenvalue weighted by atomic mass is 35.5. The van der Waals surface area contributed by atoms with Gasteiger partial charge < -0.3 is 10.1 Å². The predicted octanol–water partition coefficient (Wildman–Crippen LogP) is 2.76. The number of halogens is 1. The molecule has 0 unspecified atom stereocenters. The van der Waals surface area contributed by atoms with Crippen molar-refractivity contribution in [1.29, 1.82) is 0 Å². The Labute approximate surface area is 112 Å². The lowest BCUT2D eigenvalue weighted by Crippen LogP contribution is -2.34. The van der Waals surface area contributed by atoms with Gasteiger partial charge >= 0.3 is 0 Å². The summed E-state index contributed by atoms with van der Waals surface area (Å²) in [6.45, 7) is 2.21. The summed E-state index contributed by atoms with van der Waals surface area (Å²) in [5, 5.41) is 3.91. The van der Waals surface area contributed by atoms with E-state index < -0.39 is 0 Å². The zero-order chi connectivity index (χ0) is 12.5. The van der Waals surface area contributed by atoms with Gasteiger partial charge in [-0.3, -0.25) is 0 Å². The monoisotopic (exact) mass is 264 g/mol. The van der Waals surface area contributed by atoms with Gasteiger partial charge in [0.1, 0.15) is 0 Å². The predicted molar refractivity (Wildman–Crippen MR) is 72.9 cm³/mol. The lowest BCUT2D eigenvalue weighted by atomic mass is 9.84. The second-order valence-electron chi connectivity index (χ2n) is 4.97. The topological polar surface area (TPSA) is 34.1 Å². The molecule has 1 aromatic heterocycles. The smallest absolute Gasteiger partial charge is 0.171 e. The maximum absolute atomic E-state index is 5.97. The zero-order valence-electron chi connectivity index (χ0n) is 10.4. The molecule has 3 rings (SSSR count). The van der Waals surface area contributed by atoms with E-state index in [9.17, 15) is 0 Å². The van der Waals surface area contributed by atoms with E-state index in [1.807, 2.05) is 12.3 Å². The molecule has 2 aliphatic rings. The number of ether oxygens (including phenoxy) is 1. The van der Waals surface area contributed by atoms with E-state index in [1.165, 1.54) is 18.4 Å². The number of nitrogens with zero attached hydrogens (tertiary/aromatic N) is 1. The molecule has 0 bridgehead atoms. The van der Waals surface area contributed by atoms with Gasteiger partial charge in [0.05, 0.1) is 7.11 Å². The Morgan fingerprint density at radius 3 is 3.22 bits per heavy atom. The summed E-state index contributed by atoms with van der Waals surface area (Å²) in [7, 11) is 1.63. The summed E-state index contributed by atoms with van der Waals surface area (Å²) in [4.78, 5) is 4.21. The Hall–Kier alpha value is -1.06. The van der Waals surface area contributed by atoms with Crippen LogP contribution in [0.4, 0.5) is 0 Å². The lowest BCUT2D eigenvalue weighted by Gasteiger charge is -2.28. The summed E-state index contributed by atoms with van der Waals surface area (Å²) in [5.74, 6) is 2.07. The molecule has 2 atom stereocenters. The van der Waals surface area contributed by atoms with Crippen LogP contribution in [-0.2, 0) is 0 Å². The molecule has 1 aliphatic heterocycles. The van der Waals surface area contributed by atoms with Crippen LogP contribution in [0.5, 0.6) is 5.75 Å². The molecular weight excluding hydrogens is 248 g/mol. The fourth-order valence-electron chi connectivity index (χ4n) is 3.05. The van der Waals surface area contributed by atoms with Crippen LogP contribution in [0.1, 0.15) is 18.4 Å². The van der Waals surface area contributed by atoms with Crippen molar-refractivity contribution in [2.75, 3.05) is 20.2 Å². The van der Waals surface area contributed by atoms with Gasteiger partial charge in [-0.25, -0.2) is 4.98 Å². The van der Waals surface area contributed by atoms with Crippen LogP contribution in [0.15, 0.2) is 18.3 Å². The van der Waals surface area contributed by atoms with Crippen LogP contribution in [-0.4, -0.2) is 25.2 Å². The van der Waals surface area contributed by atoms with E-state index in [0.29, 0.717) is 16.8 Å². The molecule has 1 fully saturated rings. The number of nitrogens with one attached hydrogen (secondary N) is 1. The van der Waals surface area contributed by atoms with Gasteiger partial charge in [0.15, 0.2) is 10.9 Å². The van der Waals surface area contributed by atoms with Crippen LogP contribution in [0, 0.1) is 11.8 Å². The number of pyridine rings is 1. The van der Waals surface area contributed by atoms with Crippen molar-refractivity contribution < 1.29 is 4.74 Å². The lowest BCUT2D eigenvalue weighted by molar-refractivity contribution is 0.328. The van der Waals surface area contributed by atoms with Crippen molar-refractivity contribution in [2.24, 2.45) is 11.8 Å². The van der Waals surface area contributed by atoms with Crippen LogP contribution in [0.25, 0.3) is 5.57 Å². The molecular formula is C14H17ClN2O. The summed E-state index contributed by atoms with van der Waals surface area (Å²) in [6.07, 6.45) is 6.66. The van der Waals surface area contributed by atoms with Crippen molar-refractivity contribution in [3.8, 4) is 5.75 Å². The summed E-state index contributed by atoms with van der Waals surface area (Å²) in [6, 6.07) is 2.00. The normalized spacial score (nSPS) is 26.7. The minimum Gasteiger partial charge on any atom is -0.494 e. The third-order valence-corrected chi connectivity index (χ3v) is 4.31. The summed E-state index contributed by atoms with van der Waals surface area (Å²) < 4.78 is 5.24. The first kappa shape index (κ1) is 12.0. The molecule has 0 aromatic carbocycles. The first-order valence-electron chi connectivity index (χ1n) is 6.40. The molecule has 96 valence electrons. The summed E-state index contributed by atoms with van der Waals surface area (Å²) in [5.41, 5.74) is 2.54. The fraction of sp³-hybridized carbons (Fsp3) is 0.500. The minimum absolute atomic E-state index is 0.429. The first-order chi connectivity index (χ1) is 8.79. The number of hydrogen-bond acceptors (Lipinski definition) is 3. The number of fused-ring (bicyclic) bond motifs is 1. The number of rotatable bonds is 2. The molecule has 1 saturated heterocycles. The molecule has 1 aromatic rings. The Balaban J connectivity index is 1.91. The van der Waals surface area contributed by atoms with Crippen molar-refractivity contribution in [1.82, 2.24) is 10.3 Å². The average Bonchev–Trinajstić information content (AvgIpc) is 2.83. The highest BCUT2D eigenvalue weighted by Crippen LogP contribution is 2.41. The minimum atomic E-state index is 0.429. The largest absolute Gasteiger partial charge is 0.494 e. The number of methoxy groups -OCH3 is 1. The van der Waals surface area contributed by atoms with E-state index >= 15 is 0 Å². The quantitative estimate of drug-likeness (QED) is 0.834. The number of hydrogen-bond donors (Lipinski definition) is 1. The third-order valence-electron chi connectivity index (χ3n) is 4.03. The first-order valence-corrected chi connectivity index (χ1v) is 6.78. The van der Waals surface area contributed by atoms with Gasteiger partial charge in [-0.15, -0.1) is 0 Å². The molecule has 0 saturated carbocycles. The van der Waals surface area contributed by atoms with Crippen LogP contribution in [0.2, 0.25) is 5.15 Å². The van der Waals surface area contributed by atoms with Crippen molar-refractivity contribution >= 4 is 17.2 Å². The fourth-order valence-corrected chi connectivity index (χ4v) is 3.23. The number of allylic oxidation sites excluding steroid dienone is 1. The second kappa shape index (κ2) is 4.90. The van der Waals surface area contributed by atoms with Gasteiger partial charge in [0.2, 0.25) is 0 Å². The molecule has 3 nitrogen and oxygen atoms in total. The highest BCUT2D eigenvalue weighted by molar-refractivity contribution is 6.30. The molecule has 4 heteroatoms. The zero-order valence-corrected chi connectivity index (χ0v) is 11.2. The molecule has 0 amide bonds. The van der Waals surface area contributed by atoms with Crippen molar-refractivity contribution in [2.45, 2.75) is 12.8 Å². The standard InChI is InChI=1S/C14H17ClN2O/c1-18-13-6-10(7-17-14(13)15)11-3-2-9-4-5-16-8-12(9)11/h3,6-7,9,12,16H,2,4-5,8H2,1H3/t9-,12+/m1/s1. The van der Waals surface area contributed by atoms with E-state index in [0.717, 1.165) is 24.6 Å². The van der Waals surface area contributed by atoms with Crippen LogP contribution < -0.4 is 10.1 Å². The Morgan fingerprint density at radius 1 is 1.50 bits per heavy atom. The number of piperidine rings is 1. The highest BCUT2D eigenvalue weighted by Gasteiger charge is 2.32. The van der Waals surface area contributed by atoms with Gasteiger partial charge in [0, 0.05) is 12.7 Å². The van der Waals surface area contributed by atoms with Crippen LogP contribution in [0.3, 0.4) is 0 Å². The average molecular weight is 265 g/mol.